The van der Waals surface area contributed by atoms with Gasteiger partial charge in [0.1, 0.15) is 11.6 Å². The number of methoxy groups -OCH3 is 1. The number of aryl methyl sites for hydroxylation is 2. The number of amides is 1. The first-order valence-electron chi connectivity index (χ1n) is 10.7. The van der Waals surface area contributed by atoms with Crippen molar-refractivity contribution < 1.29 is 9.53 Å². The quantitative estimate of drug-likeness (QED) is 0.458. The van der Waals surface area contributed by atoms with E-state index in [0.717, 1.165) is 41.3 Å². The Morgan fingerprint density at radius 2 is 1.81 bits per heavy atom. The molecule has 1 aliphatic heterocycles. The highest BCUT2D eigenvalue weighted by Crippen LogP contribution is 2.34. The van der Waals surface area contributed by atoms with Crippen molar-refractivity contribution in [3.05, 3.63) is 90.3 Å². The predicted molar refractivity (Wildman–Crippen MR) is 123 cm³/mol. The van der Waals surface area contributed by atoms with Gasteiger partial charge in [-0.2, -0.15) is 0 Å². The third-order valence-corrected chi connectivity index (χ3v) is 6.01. The summed E-state index contributed by atoms with van der Waals surface area (Å²) in [6.45, 7) is 1.46. The zero-order chi connectivity index (χ0) is 21.2. The van der Waals surface area contributed by atoms with Crippen LogP contribution in [0.15, 0.2) is 78.9 Å². The fourth-order valence-corrected chi connectivity index (χ4v) is 4.43. The molecule has 0 spiro atoms. The van der Waals surface area contributed by atoms with Crippen LogP contribution < -0.4 is 9.64 Å². The molecule has 156 valence electrons. The van der Waals surface area contributed by atoms with Crippen molar-refractivity contribution in [2.75, 3.05) is 18.6 Å². The molecule has 1 amide bonds. The topological polar surface area (TPSA) is 47.4 Å². The van der Waals surface area contributed by atoms with Gasteiger partial charge in [0.05, 0.1) is 18.1 Å². The molecule has 1 aliphatic rings. The van der Waals surface area contributed by atoms with E-state index in [-0.39, 0.29) is 11.8 Å². The minimum Gasteiger partial charge on any atom is -0.497 e. The molecule has 1 aromatic heterocycles. The van der Waals surface area contributed by atoms with Gasteiger partial charge >= 0.3 is 0 Å². The second-order valence-corrected chi connectivity index (χ2v) is 7.95. The van der Waals surface area contributed by atoms with Crippen molar-refractivity contribution in [1.29, 1.82) is 0 Å². The Labute approximate surface area is 181 Å². The zero-order valence-electron chi connectivity index (χ0n) is 17.6. The van der Waals surface area contributed by atoms with Crippen LogP contribution in [0.2, 0.25) is 0 Å². The van der Waals surface area contributed by atoms with Gasteiger partial charge in [-0.3, -0.25) is 4.79 Å². The Hall–Kier alpha value is -3.60. The van der Waals surface area contributed by atoms with Crippen LogP contribution in [0.4, 0.5) is 5.69 Å². The van der Waals surface area contributed by atoms with E-state index in [4.69, 9.17) is 9.72 Å². The van der Waals surface area contributed by atoms with Gasteiger partial charge in [0, 0.05) is 37.2 Å². The summed E-state index contributed by atoms with van der Waals surface area (Å²) in [5.41, 5.74) is 4.28. The van der Waals surface area contributed by atoms with Gasteiger partial charge in [-0.15, -0.1) is 0 Å². The molecular formula is C26H25N3O2. The fourth-order valence-electron chi connectivity index (χ4n) is 4.43. The largest absolute Gasteiger partial charge is 0.497 e. The number of carbonyl (C=O) groups is 1. The van der Waals surface area contributed by atoms with Crippen molar-refractivity contribution >= 4 is 22.6 Å². The minimum atomic E-state index is 0.0573. The standard InChI is InChI=1S/C26H25N3O2/c1-31-22-11-7-10-21(17-22)29-18-20(16-25(29)30)26-27-23-12-5-6-13-24(23)28(26)15-14-19-8-3-2-4-9-19/h2-13,17,20H,14-16,18H2,1H3. The van der Waals surface area contributed by atoms with Crippen molar-refractivity contribution in [2.24, 2.45) is 0 Å². The monoisotopic (exact) mass is 411 g/mol. The van der Waals surface area contributed by atoms with Gasteiger partial charge < -0.3 is 14.2 Å². The number of carbonyl (C=O) groups excluding carboxylic acids is 1. The van der Waals surface area contributed by atoms with E-state index in [2.05, 4.69) is 47.0 Å². The molecule has 1 unspecified atom stereocenters. The maximum atomic E-state index is 12.9. The number of fused-ring (bicyclic) bond motifs is 1. The summed E-state index contributed by atoms with van der Waals surface area (Å²) in [6, 6.07) is 26.4. The maximum absolute atomic E-state index is 12.9. The first-order chi connectivity index (χ1) is 15.2. The van der Waals surface area contributed by atoms with E-state index in [0.29, 0.717) is 13.0 Å². The number of hydrogen-bond acceptors (Lipinski definition) is 3. The number of anilines is 1. The molecular weight excluding hydrogens is 386 g/mol. The summed E-state index contributed by atoms with van der Waals surface area (Å²) in [5, 5.41) is 0. The first-order valence-corrected chi connectivity index (χ1v) is 10.7. The summed E-state index contributed by atoms with van der Waals surface area (Å²) < 4.78 is 7.64. The minimum absolute atomic E-state index is 0.0573. The Kier molecular flexibility index (Phi) is 5.16. The predicted octanol–water partition coefficient (Wildman–Crippen LogP) is 4.81. The molecule has 2 heterocycles. The number of para-hydroxylation sites is 2. The van der Waals surface area contributed by atoms with Crippen molar-refractivity contribution in [3.63, 3.8) is 0 Å². The highest BCUT2D eigenvalue weighted by atomic mass is 16.5. The fraction of sp³-hybridized carbons (Fsp3) is 0.231. The van der Waals surface area contributed by atoms with E-state index in [9.17, 15) is 4.79 Å². The zero-order valence-corrected chi connectivity index (χ0v) is 17.6. The summed E-state index contributed by atoms with van der Waals surface area (Å²) in [4.78, 5) is 19.7. The number of hydrogen-bond donors (Lipinski definition) is 0. The van der Waals surface area contributed by atoms with Crippen LogP contribution in [0.1, 0.15) is 23.7 Å². The highest BCUT2D eigenvalue weighted by Gasteiger charge is 2.35. The van der Waals surface area contributed by atoms with Gasteiger partial charge in [0.25, 0.3) is 0 Å². The average Bonchev–Trinajstić information content (AvgIpc) is 3.39. The van der Waals surface area contributed by atoms with Crippen LogP contribution >= 0.6 is 0 Å². The molecule has 4 aromatic rings. The second kappa shape index (κ2) is 8.26. The van der Waals surface area contributed by atoms with Crippen LogP contribution in [-0.4, -0.2) is 29.1 Å². The Morgan fingerprint density at radius 3 is 2.65 bits per heavy atom. The number of rotatable bonds is 6. The lowest BCUT2D eigenvalue weighted by molar-refractivity contribution is -0.117. The van der Waals surface area contributed by atoms with E-state index in [1.807, 2.05) is 41.3 Å². The number of ether oxygens (including phenoxy) is 1. The van der Waals surface area contributed by atoms with Crippen molar-refractivity contribution in [2.45, 2.75) is 25.3 Å². The number of benzene rings is 3. The molecule has 0 radical (unpaired) electrons. The molecule has 0 N–H and O–H groups in total. The molecule has 1 saturated heterocycles. The van der Waals surface area contributed by atoms with Crippen LogP contribution in [0.5, 0.6) is 5.75 Å². The molecule has 3 aromatic carbocycles. The Morgan fingerprint density at radius 1 is 1.00 bits per heavy atom. The summed E-state index contributed by atoms with van der Waals surface area (Å²) in [7, 11) is 1.64. The molecule has 0 bridgehead atoms. The van der Waals surface area contributed by atoms with Gasteiger partial charge in [0.15, 0.2) is 0 Å². The smallest absolute Gasteiger partial charge is 0.227 e. The second-order valence-electron chi connectivity index (χ2n) is 7.95. The summed E-state index contributed by atoms with van der Waals surface area (Å²) in [6.07, 6.45) is 1.39. The van der Waals surface area contributed by atoms with E-state index in [1.54, 1.807) is 7.11 Å². The average molecular weight is 412 g/mol. The molecule has 1 atom stereocenters. The lowest BCUT2D eigenvalue weighted by atomic mass is 10.1. The third-order valence-electron chi connectivity index (χ3n) is 6.01. The molecule has 5 rings (SSSR count). The normalized spacial score (nSPS) is 16.2. The van der Waals surface area contributed by atoms with E-state index in [1.165, 1.54) is 5.56 Å². The van der Waals surface area contributed by atoms with E-state index >= 15 is 0 Å². The van der Waals surface area contributed by atoms with Crippen LogP contribution in [-0.2, 0) is 17.8 Å². The molecule has 1 fully saturated rings. The van der Waals surface area contributed by atoms with Crippen molar-refractivity contribution in [3.8, 4) is 5.75 Å². The van der Waals surface area contributed by atoms with Crippen LogP contribution in [0.3, 0.4) is 0 Å². The molecule has 5 nitrogen and oxygen atoms in total. The number of nitrogens with zero attached hydrogens (tertiary/aromatic N) is 3. The lowest BCUT2D eigenvalue weighted by Gasteiger charge is -2.18. The summed E-state index contributed by atoms with van der Waals surface area (Å²) >= 11 is 0. The molecule has 0 aliphatic carbocycles. The van der Waals surface area contributed by atoms with Crippen molar-refractivity contribution in [1.82, 2.24) is 9.55 Å². The van der Waals surface area contributed by atoms with Gasteiger partial charge in [0.2, 0.25) is 5.91 Å². The van der Waals surface area contributed by atoms with Crippen LogP contribution in [0.25, 0.3) is 11.0 Å². The first kappa shape index (κ1) is 19.4. The maximum Gasteiger partial charge on any atom is 0.227 e. The van der Waals surface area contributed by atoms with E-state index < -0.39 is 0 Å². The molecule has 31 heavy (non-hydrogen) atoms. The number of imidazole rings is 1. The summed E-state index contributed by atoms with van der Waals surface area (Å²) in [5.74, 6) is 1.93. The molecule has 0 saturated carbocycles. The highest BCUT2D eigenvalue weighted by molar-refractivity contribution is 5.96. The number of aromatic nitrogens is 2. The SMILES string of the molecule is COc1cccc(N2CC(c3nc4ccccc4n3CCc3ccccc3)CC2=O)c1. The third kappa shape index (κ3) is 3.79. The molecule has 5 heteroatoms. The van der Waals surface area contributed by atoms with Crippen LogP contribution in [0, 0.1) is 0 Å². The van der Waals surface area contributed by atoms with Gasteiger partial charge in [-0.05, 0) is 36.2 Å². The Balaban J connectivity index is 1.46. The lowest BCUT2D eigenvalue weighted by Crippen LogP contribution is -2.24. The Bertz CT molecular complexity index is 1220. The van der Waals surface area contributed by atoms with Gasteiger partial charge in [-0.25, -0.2) is 4.98 Å². The van der Waals surface area contributed by atoms with Gasteiger partial charge in [-0.1, -0.05) is 48.5 Å².